The zero-order chi connectivity index (χ0) is 6.20. The molecule has 1 rings (SSSR count). The van der Waals surface area contributed by atoms with Crippen LogP contribution in [0, 0.1) is 0 Å². The van der Waals surface area contributed by atoms with E-state index in [0.29, 0.717) is 5.84 Å². The molecule has 0 aromatic carbocycles. The molecule has 0 atom stereocenters. The van der Waals surface area contributed by atoms with Crippen LogP contribution in [0.4, 0.5) is 0 Å². The highest BCUT2D eigenvalue weighted by molar-refractivity contribution is 5.89. The molecule has 44 valence electrons. The highest BCUT2D eigenvalue weighted by Crippen LogP contribution is 2.14. The van der Waals surface area contributed by atoms with Crippen LogP contribution < -0.4 is 5.73 Å². The average molecular weight is 112 g/mol. The van der Waals surface area contributed by atoms with Gasteiger partial charge >= 0.3 is 0 Å². The molecule has 0 spiro atoms. The Morgan fingerprint density at radius 1 is 1.50 bits per heavy atom. The quantitative estimate of drug-likeness (QED) is 0.487. The van der Waals surface area contributed by atoms with E-state index >= 15 is 0 Å². The smallest absolute Gasteiger partial charge is 0.153 e. The lowest BCUT2D eigenvalue weighted by Crippen LogP contribution is -2.33. The van der Waals surface area contributed by atoms with Gasteiger partial charge in [0.1, 0.15) is 5.54 Å². The lowest BCUT2D eigenvalue weighted by atomic mass is 10.1. The van der Waals surface area contributed by atoms with Gasteiger partial charge in [-0.2, -0.15) is 5.11 Å². The van der Waals surface area contributed by atoms with E-state index in [1.165, 1.54) is 0 Å². The first-order valence-electron chi connectivity index (χ1n) is 2.39. The van der Waals surface area contributed by atoms with Gasteiger partial charge in [-0.05, 0) is 19.1 Å². The van der Waals surface area contributed by atoms with E-state index in [9.17, 15) is 0 Å². The largest absolute Gasteiger partial charge is 0.383 e. The van der Waals surface area contributed by atoms with Crippen LogP contribution in [0.1, 0.15) is 13.8 Å². The van der Waals surface area contributed by atoms with E-state index in [4.69, 9.17) is 5.73 Å². The molecule has 1 heterocycles. The van der Waals surface area contributed by atoms with Crippen molar-refractivity contribution in [3.63, 3.8) is 0 Å². The van der Waals surface area contributed by atoms with E-state index in [1.807, 2.05) is 13.8 Å². The van der Waals surface area contributed by atoms with Crippen molar-refractivity contribution in [3.05, 3.63) is 0 Å². The standard InChI is InChI=1S/C4H8N4/c1-4(2)3(5)6-8-7-4/h1-2H3,(H2,5,6,7). The molecular weight excluding hydrogens is 104 g/mol. The summed E-state index contributed by atoms with van der Waals surface area (Å²) in [5.74, 6) is 0.484. The summed E-state index contributed by atoms with van der Waals surface area (Å²) < 4.78 is 0. The van der Waals surface area contributed by atoms with Crippen molar-refractivity contribution in [2.45, 2.75) is 19.4 Å². The van der Waals surface area contributed by atoms with Gasteiger partial charge in [0.15, 0.2) is 5.84 Å². The van der Waals surface area contributed by atoms with E-state index < -0.39 is 0 Å². The molecule has 0 aromatic rings. The van der Waals surface area contributed by atoms with Gasteiger partial charge in [0.05, 0.1) is 0 Å². The summed E-state index contributed by atoms with van der Waals surface area (Å²) in [5, 5.41) is 10.7. The van der Waals surface area contributed by atoms with E-state index in [0.717, 1.165) is 0 Å². The molecular formula is C4H8N4. The van der Waals surface area contributed by atoms with Crippen molar-refractivity contribution in [3.8, 4) is 0 Å². The molecule has 8 heavy (non-hydrogen) atoms. The van der Waals surface area contributed by atoms with Gasteiger partial charge in [-0.15, -0.1) is 5.10 Å². The summed E-state index contributed by atoms with van der Waals surface area (Å²) >= 11 is 0. The van der Waals surface area contributed by atoms with Crippen molar-refractivity contribution in [2.24, 2.45) is 21.2 Å². The lowest BCUT2D eigenvalue weighted by molar-refractivity contribution is 0.677. The van der Waals surface area contributed by atoms with Gasteiger partial charge in [-0.3, -0.25) is 0 Å². The Morgan fingerprint density at radius 2 is 2.12 bits per heavy atom. The van der Waals surface area contributed by atoms with Gasteiger partial charge in [0.2, 0.25) is 0 Å². The summed E-state index contributed by atoms with van der Waals surface area (Å²) in [6, 6.07) is 0. The highest BCUT2D eigenvalue weighted by Gasteiger charge is 2.25. The van der Waals surface area contributed by atoms with Crippen molar-refractivity contribution in [1.29, 1.82) is 0 Å². The van der Waals surface area contributed by atoms with Crippen LogP contribution >= 0.6 is 0 Å². The normalized spacial score (nSPS) is 23.5. The molecule has 0 aliphatic carbocycles. The summed E-state index contributed by atoms with van der Waals surface area (Å²) in [4.78, 5) is 0. The number of hydrogen-bond donors (Lipinski definition) is 1. The Morgan fingerprint density at radius 3 is 2.25 bits per heavy atom. The summed E-state index contributed by atoms with van der Waals surface area (Å²) in [5.41, 5.74) is 5.01. The fraction of sp³-hybridized carbons (Fsp3) is 0.750. The number of nitrogens with zero attached hydrogens (tertiary/aromatic N) is 3. The van der Waals surface area contributed by atoms with Crippen molar-refractivity contribution < 1.29 is 0 Å². The Balaban J connectivity index is 2.87. The predicted octanol–water partition coefficient (Wildman–Crippen LogP) is 0.503. The third kappa shape index (κ3) is 0.576. The van der Waals surface area contributed by atoms with Crippen molar-refractivity contribution in [1.82, 2.24) is 0 Å². The fourth-order valence-corrected chi connectivity index (χ4v) is 0.356. The van der Waals surface area contributed by atoms with E-state index in [2.05, 4.69) is 15.4 Å². The maximum atomic E-state index is 5.38. The maximum Gasteiger partial charge on any atom is 0.153 e. The summed E-state index contributed by atoms with van der Waals surface area (Å²) in [6.07, 6.45) is 0. The van der Waals surface area contributed by atoms with Crippen LogP contribution in [0.3, 0.4) is 0 Å². The third-order valence-electron chi connectivity index (χ3n) is 1.07. The van der Waals surface area contributed by atoms with Crippen LogP contribution in [-0.4, -0.2) is 11.4 Å². The van der Waals surface area contributed by atoms with Crippen LogP contribution in [0.25, 0.3) is 0 Å². The van der Waals surface area contributed by atoms with Gasteiger partial charge in [0.25, 0.3) is 0 Å². The molecule has 0 unspecified atom stereocenters. The van der Waals surface area contributed by atoms with E-state index in [1.54, 1.807) is 0 Å². The van der Waals surface area contributed by atoms with Crippen LogP contribution in [0.2, 0.25) is 0 Å². The molecule has 4 nitrogen and oxygen atoms in total. The van der Waals surface area contributed by atoms with Gasteiger partial charge < -0.3 is 5.73 Å². The number of nitrogens with two attached hydrogens (primary N) is 1. The van der Waals surface area contributed by atoms with E-state index in [-0.39, 0.29) is 5.54 Å². The monoisotopic (exact) mass is 112 g/mol. The fourth-order valence-electron chi connectivity index (χ4n) is 0.356. The van der Waals surface area contributed by atoms with Crippen LogP contribution in [-0.2, 0) is 0 Å². The topological polar surface area (TPSA) is 63.1 Å². The maximum absolute atomic E-state index is 5.38. The minimum absolute atomic E-state index is 0.361. The first-order chi connectivity index (χ1) is 3.63. The SMILES string of the molecule is CC1(C)N=NN=C1N. The molecule has 4 heteroatoms. The second-order valence-corrected chi connectivity index (χ2v) is 2.23. The first kappa shape index (κ1) is 5.21. The first-order valence-corrected chi connectivity index (χ1v) is 2.39. The van der Waals surface area contributed by atoms with Crippen molar-refractivity contribution in [2.75, 3.05) is 0 Å². The van der Waals surface area contributed by atoms with Crippen LogP contribution in [0.15, 0.2) is 15.4 Å². The minimum Gasteiger partial charge on any atom is -0.383 e. The Hall–Kier alpha value is -0.930. The number of rotatable bonds is 0. The predicted molar refractivity (Wildman–Crippen MR) is 30.6 cm³/mol. The summed E-state index contributed by atoms with van der Waals surface area (Å²) in [6.45, 7) is 3.73. The molecule has 0 radical (unpaired) electrons. The molecule has 1 aliphatic heterocycles. The van der Waals surface area contributed by atoms with Gasteiger partial charge in [0, 0.05) is 0 Å². The molecule has 1 aliphatic rings. The number of hydrogen-bond acceptors (Lipinski definition) is 4. The van der Waals surface area contributed by atoms with Crippen molar-refractivity contribution >= 4 is 5.84 Å². The molecule has 0 bridgehead atoms. The Bertz CT molecular complexity index is 155. The van der Waals surface area contributed by atoms with Crippen LogP contribution in [0.5, 0.6) is 0 Å². The molecule has 2 N–H and O–H groups in total. The number of amidine groups is 1. The van der Waals surface area contributed by atoms with Gasteiger partial charge in [-0.25, -0.2) is 0 Å². The molecule has 0 saturated carbocycles. The molecule has 0 saturated heterocycles. The second-order valence-electron chi connectivity index (χ2n) is 2.23. The minimum atomic E-state index is -0.361. The average Bonchev–Trinajstić information content (AvgIpc) is 1.86. The Labute approximate surface area is 47.5 Å². The summed E-state index contributed by atoms with van der Waals surface area (Å²) in [7, 11) is 0. The Kier molecular flexibility index (Phi) is 0.829. The molecule has 0 aromatic heterocycles. The zero-order valence-corrected chi connectivity index (χ0v) is 4.92. The highest BCUT2D eigenvalue weighted by atomic mass is 15.4. The van der Waals surface area contributed by atoms with Gasteiger partial charge in [-0.1, -0.05) is 0 Å². The molecule has 0 fully saturated rings. The third-order valence-corrected chi connectivity index (χ3v) is 1.07. The lowest BCUT2D eigenvalue weighted by Gasteiger charge is -2.08. The second kappa shape index (κ2) is 1.27. The molecule has 0 amide bonds. The zero-order valence-electron chi connectivity index (χ0n) is 4.92.